The quantitative estimate of drug-likeness (QED) is 0.928. The number of nitrogen functional groups attached to an aromatic ring is 1. The van der Waals surface area contributed by atoms with Gasteiger partial charge >= 0.3 is 0 Å². The number of pyridine rings is 1. The molecule has 100 valence electrons. The maximum atomic E-state index is 12.5. The average Bonchev–Trinajstić information content (AvgIpc) is 2.39. The van der Waals surface area contributed by atoms with E-state index in [1.807, 2.05) is 19.1 Å². The molecule has 0 aliphatic heterocycles. The van der Waals surface area contributed by atoms with Gasteiger partial charge in [-0.05, 0) is 24.6 Å². The fourth-order valence-electron chi connectivity index (χ4n) is 1.80. The predicted molar refractivity (Wildman–Crippen MR) is 75.4 cm³/mol. The van der Waals surface area contributed by atoms with Crippen LogP contribution in [0.25, 0.3) is 0 Å². The highest BCUT2D eigenvalue weighted by atomic mass is 32.2. The molecule has 2 rings (SSSR count). The van der Waals surface area contributed by atoms with Crippen LogP contribution in [0.2, 0.25) is 0 Å². The van der Waals surface area contributed by atoms with Gasteiger partial charge in [0.2, 0.25) is 0 Å². The summed E-state index contributed by atoms with van der Waals surface area (Å²) in [6.45, 7) is 1.86. The second-order valence-corrected chi connectivity index (χ2v) is 6.11. The predicted octanol–water partition coefficient (Wildman–Crippen LogP) is 1.80. The average molecular weight is 277 g/mol. The molecule has 0 unspecified atom stereocenters. The molecule has 0 radical (unpaired) electrons. The molecule has 2 N–H and O–H groups in total. The van der Waals surface area contributed by atoms with Crippen molar-refractivity contribution in [2.45, 2.75) is 11.8 Å². The molecule has 19 heavy (non-hydrogen) atoms. The molecule has 0 atom stereocenters. The Morgan fingerprint density at radius 2 is 1.89 bits per heavy atom. The first-order chi connectivity index (χ1) is 8.94. The lowest BCUT2D eigenvalue weighted by Crippen LogP contribution is -2.28. The number of benzene rings is 1. The van der Waals surface area contributed by atoms with Gasteiger partial charge in [-0.1, -0.05) is 18.2 Å². The van der Waals surface area contributed by atoms with Gasteiger partial charge in [0.25, 0.3) is 10.0 Å². The third-order valence-electron chi connectivity index (χ3n) is 2.91. The zero-order valence-corrected chi connectivity index (χ0v) is 11.6. The van der Waals surface area contributed by atoms with E-state index in [0.29, 0.717) is 5.69 Å². The highest BCUT2D eigenvalue weighted by Crippen LogP contribution is 2.26. The van der Waals surface area contributed by atoms with Crippen LogP contribution in [0.1, 0.15) is 5.56 Å². The molecule has 5 nitrogen and oxygen atoms in total. The van der Waals surface area contributed by atoms with Crippen molar-refractivity contribution in [3.05, 3.63) is 48.3 Å². The summed E-state index contributed by atoms with van der Waals surface area (Å²) in [4.78, 5) is 3.84. The third kappa shape index (κ3) is 2.39. The van der Waals surface area contributed by atoms with Gasteiger partial charge < -0.3 is 5.73 Å². The first-order valence-corrected chi connectivity index (χ1v) is 7.12. The van der Waals surface area contributed by atoms with Crippen LogP contribution < -0.4 is 10.0 Å². The van der Waals surface area contributed by atoms with E-state index >= 15 is 0 Å². The zero-order valence-electron chi connectivity index (χ0n) is 10.7. The van der Waals surface area contributed by atoms with Crippen molar-refractivity contribution in [1.82, 2.24) is 4.98 Å². The van der Waals surface area contributed by atoms with Crippen molar-refractivity contribution in [3.8, 4) is 0 Å². The highest BCUT2D eigenvalue weighted by Gasteiger charge is 2.24. The minimum Gasteiger partial charge on any atom is -0.398 e. The molecule has 1 aromatic heterocycles. The molecule has 1 heterocycles. The molecule has 0 spiro atoms. The third-order valence-corrected chi connectivity index (χ3v) is 4.72. The maximum absolute atomic E-state index is 12.5. The number of para-hydroxylation sites is 1. The Hall–Kier alpha value is -2.08. The lowest BCUT2D eigenvalue weighted by molar-refractivity contribution is 0.594. The van der Waals surface area contributed by atoms with Gasteiger partial charge in [-0.3, -0.25) is 9.29 Å². The lowest BCUT2D eigenvalue weighted by atomic mass is 10.2. The van der Waals surface area contributed by atoms with Gasteiger partial charge in [0.1, 0.15) is 4.90 Å². The first-order valence-electron chi connectivity index (χ1n) is 5.68. The summed E-state index contributed by atoms with van der Waals surface area (Å²) in [7, 11) is -2.20. The van der Waals surface area contributed by atoms with E-state index < -0.39 is 10.0 Å². The normalized spacial score (nSPS) is 11.3. The van der Waals surface area contributed by atoms with E-state index in [1.54, 1.807) is 12.1 Å². The number of anilines is 2. The molecule has 0 saturated carbocycles. The fourth-order valence-corrected chi connectivity index (χ4v) is 3.12. The smallest absolute Gasteiger partial charge is 0.267 e. The van der Waals surface area contributed by atoms with Crippen molar-refractivity contribution >= 4 is 21.4 Å². The number of nitrogens with zero attached hydrogens (tertiary/aromatic N) is 2. The monoisotopic (exact) mass is 277 g/mol. The van der Waals surface area contributed by atoms with Crippen molar-refractivity contribution in [2.24, 2.45) is 0 Å². The second kappa shape index (κ2) is 4.89. The SMILES string of the molecule is Cc1ccccc1N(C)S(=O)(=O)c1cnccc1N. The number of sulfonamides is 1. The Morgan fingerprint density at radius 1 is 1.21 bits per heavy atom. The number of aromatic nitrogens is 1. The largest absolute Gasteiger partial charge is 0.398 e. The summed E-state index contributed by atoms with van der Waals surface area (Å²) in [5.74, 6) is 0. The molecule has 0 aliphatic rings. The number of rotatable bonds is 3. The topological polar surface area (TPSA) is 76.3 Å². The molecule has 0 aliphatic carbocycles. The van der Waals surface area contributed by atoms with Crippen LogP contribution in [0.15, 0.2) is 47.6 Å². The van der Waals surface area contributed by atoms with Crippen LogP contribution in [0.5, 0.6) is 0 Å². The Bertz CT molecular complexity index is 699. The van der Waals surface area contributed by atoms with Crippen molar-refractivity contribution < 1.29 is 8.42 Å². The van der Waals surface area contributed by atoms with Gasteiger partial charge in [0, 0.05) is 19.4 Å². The lowest BCUT2D eigenvalue weighted by Gasteiger charge is -2.21. The van der Waals surface area contributed by atoms with Gasteiger partial charge in [0.15, 0.2) is 0 Å². The van der Waals surface area contributed by atoms with E-state index in [4.69, 9.17) is 5.73 Å². The molecule has 2 aromatic rings. The Kier molecular flexibility index (Phi) is 3.44. The Labute approximate surface area is 112 Å². The second-order valence-electron chi connectivity index (χ2n) is 4.17. The molecular weight excluding hydrogens is 262 g/mol. The van der Waals surface area contributed by atoms with Gasteiger partial charge in [-0.15, -0.1) is 0 Å². The van der Waals surface area contributed by atoms with Gasteiger partial charge in [-0.25, -0.2) is 8.42 Å². The van der Waals surface area contributed by atoms with Crippen molar-refractivity contribution in [1.29, 1.82) is 0 Å². The number of aryl methyl sites for hydroxylation is 1. The van der Waals surface area contributed by atoms with Crippen LogP contribution in [0.3, 0.4) is 0 Å². The van der Waals surface area contributed by atoms with Crippen LogP contribution in [0, 0.1) is 6.92 Å². The molecule has 0 bridgehead atoms. The number of nitrogens with two attached hydrogens (primary N) is 1. The summed E-state index contributed by atoms with van der Waals surface area (Å²) in [6, 6.07) is 8.73. The summed E-state index contributed by atoms with van der Waals surface area (Å²) >= 11 is 0. The van der Waals surface area contributed by atoms with E-state index in [1.165, 1.54) is 29.8 Å². The van der Waals surface area contributed by atoms with Crippen LogP contribution in [0.4, 0.5) is 11.4 Å². The van der Waals surface area contributed by atoms with Crippen LogP contribution >= 0.6 is 0 Å². The van der Waals surface area contributed by atoms with Crippen LogP contribution in [-0.4, -0.2) is 20.4 Å². The maximum Gasteiger partial charge on any atom is 0.267 e. The molecule has 1 aromatic carbocycles. The zero-order chi connectivity index (χ0) is 14.0. The van der Waals surface area contributed by atoms with Crippen LogP contribution in [-0.2, 0) is 10.0 Å². The minimum atomic E-state index is -3.70. The fraction of sp³-hybridized carbons (Fsp3) is 0.154. The highest BCUT2D eigenvalue weighted by molar-refractivity contribution is 7.93. The number of hydrogen-bond acceptors (Lipinski definition) is 4. The van der Waals surface area contributed by atoms with Crippen molar-refractivity contribution in [2.75, 3.05) is 17.1 Å². The number of hydrogen-bond donors (Lipinski definition) is 1. The van der Waals surface area contributed by atoms with Gasteiger partial charge in [0.05, 0.1) is 11.4 Å². The van der Waals surface area contributed by atoms with E-state index in [0.717, 1.165) is 5.56 Å². The standard InChI is InChI=1S/C13H15N3O2S/c1-10-5-3-4-6-12(10)16(2)19(17,18)13-9-15-8-7-11(13)14/h3-9H,1-2H3,(H2,14,15). The van der Waals surface area contributed by atoms with Crippen molar-refractivity contribution in [3.63, 3.8) is 0 Å². The van der Waals surface area contributed by atoms with E-state index in [2.05, 4.69) is 4.98 Å². The van der Waals surface area contributed by atoms with Gasteiger partial charge in [-0.2, -0.15) is 0 Å². The minimum absolute atomic E-state index is 0.0146. The Morgan fingerprint density at radius 3 is 2.53 bits per heavy atom. The Balaban J connectivity index is 2.52. The summed E-state index contributed by atoms with van der Waals surface area (Å²) in [5, 5.41) is 0. The van der Waals surface area contributed by atoms with E-state index in [-0.39, 0.29) is 10.6 Å². The molecule has 6 heteroatoms. The summed E-state index contributed by atoms with van der Waals surface area (Å²) in [5.41, 5.74) is 7.39. The molecular formula is C13H15N3O2S. The molecule has 0 fully saturated rings. The molecule has 0 amide bonds. The summed E-state index contributed by atoms with van der Waals surface area (Å²) < 4.78 is 26.2. The first kappa shape index (κ1) is 13.4. The van der Waals surface area contributed by atoms with E-state index in [9.17, 15) is 8.42 Å². The summed E-state index contributed by atoms with van der Waals surface area (Å²) in [6.07, 6.45) is 2.72. The molecule has 0 saturated heterocycles.